The Kier molecular flexibility index (Phi) is 1.85. The van der Waals surface area contributed by atoms with E-state index in [0.717, 1.165) is 0 Å². The maximum absolute atomic E-state index is 9.74. The van der Waals surface area contributed by atoms with Crippen molar-refractivity contribution in [3.05, 3.63) is 12.3 Å². The molecule has 4 nitrogen and oxygen atoms in total. The van der Waals surface area contributed by atoms with Crippen molar-refractivity contribution >= 4 is 6.29 Å². The fourth-order valence-electron chi connectivity index (χ4n) is 0.447. The second-order valence-electron chi connectivity index (χ2n) is 1.40. The summed E-state index contributed by atoms with van der Waals surface area (Å²) in [5, 5.41) is 6.15. The van der Waals surface area contributed by atoms with Crippen LogP contribution in [0.25, 0.3) is 0 Å². The molecule has 9 heavy (non-hydrogen) atoms. The largest absolute Gasteiger partial charge is 0.470 e. The van der Waals surface area contributed by atoms with Crippen molar-refractivity contribution in [1.29, 1.82) is 0 Å². The third-order valence-corrected chi connectivity index (χ3v) is 0.782. The molecule has 0 radical (unpaired) electrons. The first-order chi connectivity index (χ1) is 4.43. The number of carbonyl (C=O) groups is 1. The Balaban J connectivity index is 2.38. The van der Waals surface area contributed by atoms with Crippen molar-refractivity contribution in [2.45, 2.75) is 0 Å². The molecule has 1 aromatic rings. The van der Waals surface area contributed by atoms with E-state index in [4.69, 9.17) is 4.74 Å². The Morgan fingerprint density at radius 3 is 3.33 bits per heavy atom. The van der Waals surface area contributed by atoms with Gasteiger partial charge in [-0.15, -0.1) is 0 Å². The van der Waals surface area contributed by atoms with Gasteiger partial charge >= 0.3 is 0 Å². The standard InChI is InChI=1S/C5H6N2O2/c8-3-4-9-5-1-2-6-7-5/h1-3H,4H2,(H,6,7). The van der Waals surface area contributed by atoms with E-state index in [1.165, 1.54) is 0 Å². The second-order valence-corrected chi connectivity index (χ2v) is 1.40. The van der Waals surface area contributed by atoms with Crippen LogP contribution in [0.5, 0.6) is 5.88 Å². The van der Waals surface area contributed by atoms with Gasteiger partial charge in [-0.3, -0.25) is 4.79 Å². The van der Waals surface area contributed by atoms with Crippen molar-refractivity contribution in [2.24, 2.45) is 0 Å². The van der Waals surface area contributed by atoms with Crippen LogP contribution in [0.3, 0.4) is 0 Å². The first kappa shape index (κ1) is 5.81. The van der Waals surface area contributed by atoms with Crippen molar-refractivity contribution in [3.8, 4) is 5.88 Å². The highest BCUT2D eigenvalue weighted by Gasteiger charge is 1.88. The summed E-state index contributed by atoms with van der Waals surface area (Å²) in [5.41, 5.74) is 0. The molecule has 0 fully saturated rings. The van der Waals surface area contributed by atoms with Gasteiger partial charge in [0.15, 0.2) is 6.29 Å². The molecule has 0 unspecified atom stereocenters. The molecule has 0 saturated carbocycles. The molecule has 0 aliphatic heterocycles. The highest BCUT2D eigenvalue weighted by Crippen LogP contribution is 1.99. The summed E-state index contributed by atoms with van der Waals surface area (Å²) < 4.78 is 4.81. The molecule has 4 heteroatoms. The van der Waals surface area contributed by atoms with Crippen LogP contribution in [-0.2, 0) is 4.79 Å². The van der Waals surface area contributed by atoms with Gasteiger partial charge in [0, 0.05) is 6.07 Å². The predicted octanol–water partition coefficient (Wildman–Crippen LogP) is -0.0126. The number of nitrogens with zero attached hydrogens (tertiary/aromatic N) is 1. The molecule has 0 saturated heterocycles. The molecule has 0 amide bonds. The number of hydrogen-bond donors (Lipinski definition) is 1. The molecule has 0 aliphatic rings. The Morgan fingerprint density at radius 1 is 1.89 bits per heavy atom. The summed E-state index contributed by atoms with van der Waals surface area (Å²) in [5.74, 6) is 0.516. The third kappa shape index (κ3) is 1.56. The number of aromatic amines is 1. The number of ether oxygens (including phenoxy) is 1. The lowest BCUT2D eigenvalue weighted by atomic mass is 10.7. The Morgan fingerprint density at radius 2 is 2.78 bits per heavy atom. The van der Waals surface area contributed by atoms with E-state index in [9.17, 15) is 4.79 Å². The average Bonchev–Trinajstić information content (AvgIpc) is 2.34. The SMILES string of the molecule is O=CCOc1ccn[nH]1. The normalized spacial score (nSPS) is 8.89. The van der Waals surface area contributed by atoms with E-state index in [2.05, 4.69) is 10.2 Å². The van der Waals surface area contributed by atoms with Crippen molar-refractivity contribution in [3.63, 3.8) is 0 Å². The fraction of sp³-hybridized carbons (Fsp3) is 0.200. The molecule has 1 N–H and O–H groups in total. The van der Waals surface area contributed by atoms with Crippen LogP contribution in [0, 0.1) is 0 Å². The van der Waals surface area contributed by atoms with Gasteiger partial charge in [-0.2, -0.15) is 5.10 Å². The van der Waals surface area contributed by atoms with Crippen LogP contribution in [0.4, 0.5) is 0 Å². The zero-order chi connectivity index (χ0) is 6.53. The smallest absolute Gasteiger partial charge is 0.209 e. The van der Waals surface area contributed by atoms with Gasteiger partial charge in [-0.1, -0.05) is 0 Å². The number of nitrogens with one attached hydrogen (secondary N) is 1. The van der Waals surface area contributed by atoms with Gasteiger partial charge in [0.2, 0.25) is 5.88 Å². The minimum Gasteiger partial charge on any atom is -0.470 e. The lowest BCUT2D eigenvalue weighted by Crippen LogP contribution is -1.97. The van der Waals surface area contributed by atoms with Crippen molar-refractivity contribution in [1.82, 2.24) is 10.2 Å². The minimum atomic E-state index is 0.0716. The van der Waals surface area contributed by atoms with E-state index < -0.39 is 0 Å². The average molecular weight is 126 g/mol. The molecule has 0 aromatic carbocycles. The van der Waals surface area contributed by atoms with Gasteiger partial charge in [0.25, 0.3) is 0 Å². The Hall–Kier alpha value is -1.32. The zero-order valence-corrected chi connectivity index (χ0v) is 4.70. The van der Waals surface area contributed by atoms with Crippen LogP contribution < -0.4 is 4.74 Å². The van der Waals surface area contributed by atoms with E-state index in [1.54, 1.807) is 12.3 Å². The summed E-state index contributed by atoms with van der Waals surface area (Å²) in [4.78, 5) is 9.74. The Labute approximate surface area is 51.8 Å². The molecule has 1 aromatic heterocycles. The maximum Gasteiger partial charge on any atom is 0.209 e. The Bertz CT molecular complexity index is 171. The van der Waals surface area contributed by atoms with Crippen molar-refractivity contribution in [2.75, 3.05) is 6.61 Å². The molecule has 0 spiro atoms. The summed E-state index contributed by atoms with van der Waals surface area (Å²) in [6.45, 7) is 0.0716. The molecule has 1 rings (SSSR count). The summed E-state index contributed by atoms with van der Waals surface area (Å²) in [7, 11) is 0. The van der Waals surface area contributed by atoms with Crippen LogP contribution in [-0.4, -0.2) is 23.1 Å². The van der Waals surface area contributed by atoms with Crippen LogP contribution in [0.15, 0.2) is 12.3 Å². The maximum atomic E-state index is 9.74. The molecule has 0 bridgehead atoms. The molecular weight excluding hydrogens is 120 g/mol. The number of aromatic nitrogens is 2. The fourth-order valence-corrected chi connectivity index (χ4v) is 0.447. The lowest BCUT2D eigenvalue weighted by Gasteiger charge is -1.92. The summed E-state index contributed by atoms with van der Waals surface area (Å²) >= 11 is 0. The molecule has 48 valence electrons. The van der Waals surface area contributed by atoms with Gasteiger partial charge < -0.3 is 4.74 Å². The van der Waals surface area contributed by atoms with E-state index in [-0.39, 0.29) is 6.61 Å². The quantitative estimate of drug-likeness (QED) is 0.579. The van der Waals surface area contributed by atoms with Gasteiger partial charge in [-0.05, 0) is 0 Å². The van der Waals surface area contributed by atoms with Crippen molar-refractivity contribution < 1.29 is 9.53 Å². The first-order valence-electron chi connectivity index (χ1n) is 2.49. The molecule has 0 aliphatic carbocycles. The number of H-pyrrole nitrogens is 1. The van der Waals surface area contributed by atoms with E-state index in [1.807, 2.05) is 0 Å². The topological polar surface area (TPSA) is 55.0 Å². The number of rotatable bonds is 3. The highest BCUT2D eigenvalue weighted by molar-refractivity contribution is 5.51. The predicted molar refractivity (Wildman–Crippen MR) is 30.1 cm³/mol. The monoisotopic (exact) mass is 126 g/mol. The van der Waals surface area contributed by atoms with Gasteiger partial charge in [-0.25, -0.2) is 5.10 Å². The lowest BCUT2D eigenvalue weighted by molar-refractivity contribution is -0.109. The van der Waals surface area contributed by atoms with Crippen LogP contribution >= 0.6 is 0 Å². The van der Waals surface area contributed by atoms with Gasteiger partial charge in [0.05, 0.1) is 6.20 Å². The minimum absolute atomic E-state index is 0.0716. The molecular formula is C5H6N2O2. The van der Waals surface area contributed by atoms with E-state index >= 15 is 0 Å². The van der Waals surface area contributed by atoms with E-state index in [0.29, 0.717) is 12.2 Å². The first-order valence-corrected chi connectivity index (χ1v) is 2.49. The number of hydrogen-bond acceptors (Lipinski definition) is 3. The summed E-state index contributed by atoms with van der Waals surface area (Å²) in [6.07, 6.45) is 2.24. The summed E-state index contributed by atoms with van der Waals surface area (Å²) in [6, 6.07) is 1.64. The third-order valence-electron chi connectivity index (χ3n) is 0.782. The van der Waals surface area contributed by atoms with Crippen LogP contribution in [0.2, 0.25) is 0 Å². The van der Waals surface area contributed by atoms with Gasteiger partial charge in [0.1, 0.15) is 6.61 Å². The van der Waals surface area contributed by atoms with Crippen LogP contribution in [0.1, 0.15) is 0 Å². The zero-order valence-electron chi connectivity index (χ0n) is 4.70. The number of aldehydes is 1. The molecule has 0 atom stereocenters. The number of carbonyl (C=O) groups excluding carboxylic acids is 1. The second kappa shape index (κ2) is 2.86. The highest BCUT2D eigenvalue weighted by atomic mass is 16.5. The molecule has 1 heterocycles.